The van der Waals surface area contributed by atoms with Crippen molar-refractivity contribution in [2.24, 2.45) is 0 Å². The summed E-state index contributed by atoms with van der Waals surface area (Å²) >= 11 is 0. The third kappa shape index (κ3) is 4.90. The number of nitrogens with one attached hydrogen (secondary N) is 1. The number of halogens is 4. The van der Waals surface area contributed by atoms with Crippen molar-refractivity contribution in [3.05, 3.63) is 63.1 Å². The number of methoxy groups -OCH3 is 1. The van der Waals surface area contributed by atoms with Crippen molar-refractivity contribution in [2.75, 3.05) is 12.4 Å². The summed E-state index contributed by atoms with van der Waals surface area (Å²) in [6.45, 7) is 2.66. The minimum atomic E-state index is -4.85. The Morgan fingerprint density at radius 2 is 2.06 bits per heavy atom. The Bertz CT molecular complexity index is 1410. The Kier molecular flexibility index (Phi) is 6.98. The third-order valence-electron chi connectivity index (χ3n) is 6.29. The molecule has 0 fully saturated rings. The molecule has 0 saturated carbocycles. The maximum absolute atomic E-state index is 14.3. The second-order valence-electron chi connectivity index (χ2n) is 8.57. The Hall–Kier alpha value is -3.54. The fourth-order valence-electron chi connectivity index (χ4n) is 4.24. The van der Waals surface area contributed by atoms with Gasteiger partial charge in [-0.3, -0.25) is 9.59 Å². The second kappa shape index (κ2) is 9.84. The van der Waals surface area contributed by atoms with Crippen LogP contribution < -0.4 is 10.9 Å². The van der Waals surface area contributed by atoms with Crippen LogP contribution >= 0.6 is 0 Å². The zero-order chi connectivity index (χ0) is 26.2. The summed E-state index contributed by atoms with van der Waals surface area (Å²) < 4.78 is 61.2. The molecular weight excluding hydrogens is 482 g/mol. The van der Waals surface area contributed by atoms with Crippen molar-refractivity contribution >= 4 is 22.9 Å². The first-order valence-electron chi connectivity index (χ1n) is 11.4. The summed E-state index contributed by atoms with van der Waals surface area (Å²) in [7, 11) is 1.65. The molecule has 0 radical (unpaired) electrons. The highest BCUT2D eigenvalue weighted by Gasteiger charge is 2.35. The van der Waals surface area contributed by atoms with E-state index in [9.17, 15) is 27.2 Å². The number of ether oxygens (including phenoxy) is 1. The molecule has 0 bridgehead atoms. The lowest BCUT2D eigenvalue weighted by atomic mass is 9.97. The number of amides is 1. The molecule has 0 aliphatic heterocycles. The highest BCUT2D eigenvalue weighted by Crippen LogP contribution is 2.34. The number of anilines is 1. The average Bonchev–Trinajstić information content (AvgIpc) is 3.29. The average molecular weight is 507 g/mol. The lowest BCUT2D eigenvalue weighted by Gasteiger charge is -2.18. The molecule has 1 aliphatic rings. The van der Waals surface area contributed by atoms with Gasteiger partial charge in [0.25, 0.3) is 5.56 Å². The first kappa shape index (κ1) is 25.5. The monoisotopic (exact) mass is 507 g/mol. The smallest absolute Gasteiger partial charge is 0.381 e. The molecular formula is C24H25F4N5O3. The number of alkyl halides is 3. The van der Waals surface area contributed by atoms with Crippen LogP contribution in [-0.4, -0.2) is 38.3 Å². The number of allylic oxidation sites excluding steroid dienone is 1. The van der Waals surface area contributed by atoms with Crippen LogP contribution in [0.4, 0.5) is 23.2 Å². The first-order chi connectivity index (χ1) is 17.0. The standard InChI is InChI=1S/C24H25F4N5O3/c1-4-15-11-20(35)33-23(30-22(31-33)14-5-7-16(36-3)8-6-14)32(15)12-19(34)29-18-10-9-17(24(26,27)28)21(25)13(18)2/h5,9-11,16H,4,6-8,12H2,1-3H3,(H,29,34). The lowest BCUT2D eigenvalue weighted by Crippen LogP contribution is -2.26. The van der Waals surface area contributed by atoms with Gasteiger partial charge in [-0.15, -0.1) is 5.10 Å². The van der Waals surface area contributed by atoms with E-state index in [-0.39, 0.29) is 29.7 Å². The van der Waals surface area contributed by atoms with Gasteiger partial charge in [-0.05, 0) is 50.3 Å². The van der Waals surface area contributed by atoms with E-state index in [1.807, 2.05) is 6.08 Å². The lowest BCUT2D eigenvalue weighted by molar-refractivity contribution is -0.140. The molecule has 12 heteroatoms. The molecule has 1 amide bonds. The van der Waals surface area contributed by atoms with Crippen molar-refractivity contribution < 1.29 is 27.1 Å². The van der Waals surface area contributed by atoms with Crippen molar-refractivity contribution in [2.45, 2.75) is 58.4 Å². The summed E-state index contributed by atoms with van der Waals surface area (Å²) in [5, 5.41) is 6.81. The van der Waals surface area contributed by atoms with Gasteiger partial charge < -0.3 is 14.6 Å². The van der Waals surface area contributed by atoms with Gasteiger partial charge in [0.1, 0.15) is 12.4 Å². The molecule has 0 spiro atoms. The SMILES string of the molecule is CCc1cc(=O)n2nc(C3=CCC(OC)CC3)nc2n1CC(=O)Nc1ccc(C(F)(F)F)c(F)c1C. The van der Waals surface area contributed by atoms with E-state index in [1.54, 1.807) is 14.0 Å². The molecule has 0 saturated heterocycles. The summed E-state index contributed by atoms with van der Waals surface area (Å²) in [4.78, 5) is 30.0. The van der Waals surface area contributed by atoms with E-state index in [0.29, 0.717) is 36.8 Å². The maximum Gasteiger partial charge on any atom is 0.419 e. The van der Waals surface area contributed by atoms with Gasteiger partial charge in [-0.2, -0.15) is 22.7 Å². The molecule has 8 nitrogen and oxygen atoms in total. The van der Waals surface area contributed by atoms with Crippen LogP contribution in [-0.2, 0) is 28.7 Å². The molecule has 1 aromatic carbocycles. The van der Waals surface area contributed by atoms with Crippen LogP contribution in [0.15, 0.2) is 29.1 Å². The molecule has 3 aromatic rings. The fourth-order valence-corrected chi connectivity index (χ4v) is 4.24. The van der Waals surface area contributed by atoms with Gasteiger partial charge in [0.05, 0.1) is 11.7 Å². The minimum absolute atomic E-state index is 0.0807. The highest BCUT2D eigenvalue weighted by molar-refractivity contribution is 5.91. The first-order valence-corrected chi connectivity index (χ1v) is 11.4. The number of hydrogen-bond acceptors (Lipinski definition) is 5. The van der Waals surface area contributed by atoms with E-state index < -0.39 is 29.0 Å². The number of benzene rings is 1. The van der Waals surface area contributed by atoms with Gasteiger partial charge >= 0.3 is 6.18 Å². The summed E-state index contributed by atoms with van der Waals surface area (Å²) in [6, 6.07) is 2.96. The number of carbonyl (C=O) groups excluding carboxylic acids is 1. The van der Waals surface area contributed by atoms with Crippen LogP contribution in [0.2, 0.25) is 0 Å². The normalized spacial score (nSPS) is 16.3. The molecule has 36 heavy (non-hydrogen) atoms. The van der Waals surface area contributed by atoms with Gasteiger partial charge in [0.2, 0.25) is 11.7 Å². The Balaban J connectivity index is 1.66. The zero-order valence-corrected chi connectivity index (χ0v) is 19.9. The summed E-state index contributed by atoms with van der Waals surface area (Å²) in [5.74, 6) is -1.53. The van der Waals surface area contributed by atoms with Crippen molar-refractivity contribution in [3.63, 3.8) is 0 Å². The van der Waals surface area contributed by atoms with Crippen LogP contribution in [0.1, 0.15) is 48.8 Å². The molecule has 2 heterocycles. The molecule has 4 rings (SSSR count). The molecule has 1 unspecified atom stereocenters. The third-order valence-corrected chi connectivity index (χ3v) is 6.29. The van der Waals surface area contributed by atoms with E-state index in [0.717, 1.165) is 29.5 Å². The quantitative estimate of drug-likeness (QED) is 0.507. The number of fused-ring (bicyclic) bond motifs is 1. The molecule has 1 N–H and O–H groups in total. The van der Waals surface area contributed by atoms with Crippen molar-refractivity contribution in [3.8, 4) is 0 Å². The van der Waals surface area contributed by atoms with Gasteiger partial charge in [0.15, 0.2) is 5.82 Å². The van der Waals surface area contributed by atoms with Gasteiger partial charge in [0, 0.05) is 30.1 Å². The van der Waals surface area contributed by atoms with E-state index >= 15 is 0 Å². The van der Waals surface area contributed by atoms with Crippen LogP contribution in [0.3, 0.4) is 0 Å². The number of hydrogen-bond donors (Lipinski definition) is 1. The number of nitrogens with zero attached hydrogens (tertiary/aromatic N) is 4. The Labute approximate surface area is 203 Å². The van der Waals surface area contributed by atoms with Crippen LogP contribution in [0.5, 0.6) is 0 Å². The van der Waals surface area contributed by atoms with Gasteiger partial charge in [-0.25, -0.2) is 4.39 Å². The highest BCUT2D eigenvalue weighted by atomic mass is 19.4. The predicted octanol–water partition coefficient (Wildman–Crippen LogP) is 4.14. The minimum Gasteiger partial charge on any atom is -0.381 e. The molecule has 1 aliphatic carbocycles. The van der Waals surface area contributed by atoms with E-state index in [4.69, 9.17) is 4.74 Å². The molecule has 192 valence electrons. The molecule has 1 atom stereocenters. The summed E-state index contributed by atoms with van der Waals surface area (Å²) in [6.07, 6.45) is -0.212. The van der Waals surface area contributed by atoms with E-state index in [1.165, 1.54) is 10.6 Å². The molecule has 2 aromatic heterocycles. The Morgan fingerprint density at radius 1 is 1.31 bits per heavy atom. The van der Waals surface area contributed by atoms with Crippen molar-refractivity contribution in [1.82, 2.24) is 19.2 Å². The van der Waals surface area contributed by atoms with Crippen LogP contribution in [0.25, 0.3) is 11.4 Å². The fraction of sp³-hybridized carbons (Fsp3) is 0.417. The number of aromatic nitrogens is 4. The number of aryl methyl sites for hydroxylation is 1. The predicted molar refractivity (Wildman–Crippen MR) is 124 cm³/mol. The van der Waals surface area contributed by atoms with Crippen molar-refractivity contribution in [1.29, 1.82) is 0 Å². The number of carbonyl (C=O) groups is 1. The summed E-state index contributed by atoms with van der Waals surface area (Å²) in [5.41, 5.74) is -0.822. The maximum atomic E-state index is 14.3. The van der Waals surface area contributed by atoms with Crippen LogP contribution in [0, 0.1) is 12.7 Å². The van der Waals surface area contributed by atoms with E-state index in [2.05, 4.69) is 15.4 Å². The topological polar surface area (TPSA) is 90.5 Å². The number of rotatable bonds is 6. The second-order valence-corrected chi connectivity index (χ2v) is 8.57. The largest absolute Gasteiger partial charge is 0.419 e. The van der Waals surface area contributed by atoms with Gasteiger partial charge in [-0.1, -0.05) is 13.0 Å². The zero-order valence-electron chi connectivity index (χ0n) is 19.9. The Morgan fingerprint density at radius 3 is 2.67 bits per heavy atom.